The summed E-state index contributed by atoms with van der Waals surface area (Å²) in [6.45, 7) is 0.706. The standard InChI is InChI=1S/C11H14ClFN2O/c12-7-3-4-8(9(13)6-7)11(15-14)10-2-1-5-16-10/h3-4,6,10-11,15H,1-2,5,14H2. The van der Waals surface area contributed by atoms with Gasteiger partial charge in [0.2, 0.25) is 0 Å². The van der Waals surface area contributed by atoms with Gasteiger partial charge in [0.15, 0.2) is 0 Å². The van der Waals surface area contributed by atoms with Crippen molar-refractivity contribution < 1.29 is 9.13 Å². The van der Waals surface area contributed by atoms with Gasteiger partial charge in [0, 0.05) is 17.2 Å². The van der Waals surface area contributed by atoms with Crippen LogP contribution in [0.5, 0.6) is 0 Å². The van der Waals surface area contributed by atoms with E-state index in [1.165, 1.54) is 6.07 Å². The molecule has 2 unspecified atom stereocenters. The Labute approximate surface area is 98.7 Å². The maximum absolute atomic E-state index is 13.7. The molecule has 1 aromatic rings. The quantitative estimate of drug-likeness (QED) is 0.633. The lowest BCUT2D eigenvalue weighted by molar-refractivity contribution is 0.0772. The number of benzene rings is 1. The molecule has 1 aromatic carbocycles. The average molecular weight is 245 g/mol. The number of nitrogens with one attached hydrogen (secondary N) is 1. The zero-order chi connectivity index (χ0) is 11.5. The van der Waals surface area contributed by atoms with E-state index in [1.54, 1.807) is 12.1 Å². The predicted molar refractivity (Wildman–Crippen MR) is 60.4 cm³/mol. The van der Waals surface area contributed by atoms with Crippen molar-refractivity contribution >= 4 is 11.6 Å². The van der Waals surface area contributed by atoms with E-state index >= 15 is 0 Å². The number of hydrazine groups is 1. The molecule has 5 heteroatoms. The Morgan fingerprint density at radius 2 is 2.38 bits per heavy atom. The molecule has 3 N–H and O–H groups in total. The monoisotopic (exact) mass is 244 g/mol. The van der Waals surface area contributed by atoms with Gasteiger partial charge in [0.25, 0.3) is 0 Å². The molecule has 0 saturated carbocycles. The Bertz CT molecular complexity index is 369. The molecule has 88 valence electrons. The Morgan fingerprint density at radius 3 is 2.94 bits per heavy atom. The van der Waals surface area contributed by atoms with Crippen molar-refractivity contribution in [2.45, 2.75) is 25.0 Å². The van der Waals surface area contributed by atoms with Crippen LogP contribution < -0.4 is 11.3 Å². The summed E-state index contributed by atoms with van der Waals surface area (Å²) in [6, 6.07) is 4.26. The van der Waals surface area contributed by atoms with Gasteiger partial charge in [-0.2, -0.15) is 0 Å². The molecule has 0 aromatic heterocycles. The largest absolute Gasteiger partial charge is 0.376 e. The third-order valence-corrected chi connectivity index (χ3v) is 3.05. The lowest BCUT2D eigenvalue weighted by atomic mass is 9.99. The van der Waals surface area contributed by atoms with Crippen LogP contribution in [0.1, 0.15) is 24.4 Å². The molecule has 1 aliphatic heterocycles. The van der Waals surface area contributed by atoms with Crippen molar-refractivity contribution in [3.05, 3.63) is 34.6 Å². The van der Waals surface area contributed by atoms with Crippen LogP contribution in [0.3, 0.4) is 0 Å². The second kappa shape index (κ2) is 5.10. The maximum Gasteiger partial charge on any atom is 0.129 e. The molecule has 0 bridgehead atoms. The van der Waals surface area contributed by atoms with E-state index in [0.29, 0.717) is 17.2 Å². The van der Waals surface area contributed by atoms with Crippen molar-refractivity contribution in [3.63, 3.8) is 0 Å². The Hall–Kier alpha value is -0.680. The van der Waals surface area contributed by atoms with E-state index in [1.807, 2.05) is 0 Å². The van der Waals surface area contributed by atoms with Crippen molar-refractivity contribution in [2.24, 2.45) is 5.84 Å². The summed E-state index contributed by atoms with van der Waals surface area (Å²) in [7, 11) is 0. The summed E-state index contributed by atoms with van der Waals surface area (Å²) >= 11 is 5.70. The fourth-order valence-corrected chi connectivity index (χ4v) is 2.18. The van der Waals surface area contributed by atoms with Gasteiger partial charge in [0.05, 0.1) is 12.1 Å². The lowest BCUT2D eigenvalue weighted by Crippen LogP contribution is -2.36. The van der Waals surface area contributed by atoms with E-state index in [2.05, 4.69) is 5.43 Å². The molecule has 16 heavy (non-hydrogen) atoms. The van der Waals surface area contributed by atoms with Gasteiger partial charge in [-0.15, -0.1) is 0 Å². The molecular weight excluding hydrogens is 231 g/mol. The van der Waals surface area contributed by atoms with Gasteiger partial charge in [-0.1, -0.05) is 17.7 Å². The summed E-state index contributed by atoms with van der Waals surface area (Å²) in [4.78, 5) is 0. The highest BCUT2D eigenvalue weighted by molar-refractivity contribution is 6.30. The first-order valence-electron chi connectivity index (χ1n) is 5.25. The molecule has 1 heterocycles. The van der Waals surface area contributed by atoms with Crippen LogP contribution in [0.25, 0.3) is 0 Å². The first kappa shape index (κ1) is 11.8. The topological polar surface area (TPSA) is 47.3 Å². The molecule has 2 atom stereocenters. The highest BCUT2D eigenvalue weighted by atomic mass is 35.5. The third-order valence-electron chi connectivity index (χ3n) is 2.81. The minimum absolute atomic E-state index is 0.0688. The second-order valence-corrected chi connectivity index (χ2v) is 4.30. The Morgan fingerprint density at radius 1 is 1.56 bits per heavy atom. The molecule has 0 amide bonds. The van der Waals surface area contributed by atoms with Crippen LogP contribution in [0.2, 0.25) is 5.02 Å². The van der Waals surface area contributed by atoms with Gasteiger partial charge in [-0.05, 0) is 25.0 Å². The lowest BCUT2D eigenvalue weighted by Gasteiger charge is -2.22. The summed E-state index contributed by atoms with van der Waals surface area (Å²) in [6.07, 6.45) is 1.80. The summed E-state index contributed by atoms with van der Waals surface area (Å²) < 4.78 is 19.2. The fourth-order valence-electron chi connectivity index (χ4n) is 2.02. The SMILES string of the molecule is NNC(c1ccc(Cl)cc1F)C1CCCO1. The van der Waals surface area contributed by atoms with Crippen molar-refractivity contribution in [1.82, 2.24) is 5.43 Å². The molecule has 1 fully saturated rings. The highest BCUT2D eigenvalue weighted by Crippen LogP contribution is 2.29. The number of rotatable bonds is 3. The van der Waals surface area contributed by atoms with Gasteiger partial charge in [-0.25, -0.2) is 4.39 Å². The number of ether oxygens (including phenoxy) is 1. The van der Waals surface area contributed by atoms with Crippen LogP contribution in [-0.2, 0) is 4.74 Å². The minimum Gasteiger partial charge on any atom is -0.376 e. The van der Waals surface area contributed by atoms with Crippen LogP contribution in [0.15, 0.2) is 18.2 Å². The smallest absolute Gasteiger partial charge is 0.129 e. The average Bonchev–Trinajstić information content (AvgIpc) is 2.75. The molecule has 0 radical (unpaired) electrons. The van der Waals surface area contributed by atoms with E-state index < -0.39 is 0 Å². The van der Waals surface area contributed by atoms with E-state index in [-0.39, 0.29) is 18.0 Å². The number of nitrogens with two attached hydrogens (primary N) is 1. The third kappa shape index (κ3) is 2.35. The maximum atomic E-state index is 13.7. The highest BCUT2D eigenvalue weighted by Gasteiger charge is 2.28. The summed E-state index contributed by atoms with van der Waals surface area (Å²) in [5, 5.41) is 0.379. The van der Waals surface area contributed by atoms with Gasteiger partial charge >= 0.3 is 0 Å². The summed E-state index contributed by atoms with van der Waals surface area (Å²) in [5.41, 5.74) is 3.11. The van der Waals surface area contributed by atoms with Crippen LogP contribution in [0.4, 0.5) is 4.39 Å². The van der Waals surface area contributed by atoms with Gasteiger partial charge < -0.3 is 4.74 Å². The van der Waals surface area contributed by atoms with Crippen molar-refractivity contribution in [2.75, 3.05) is 6.61 Å². The summed E-state index contributed by atoms with van der Waals surface area (Å²) in [5.74, 6) is 5.11. The first-order chi connectivity index (χ1) is 7.72. The van der Waals surface area contributed by atoms with Crippen LogP contribution in [-0.4, -0.2) is 12.7 Å². The van der Waals surface area contributed by atoms with Crippen molar-refractivity contribution in [3.8, 4) is 0 Å². The molecule has 0 spiro atoms. The van der Waals surface area contributed by atoms with E-state index in [4.69, 9.17) is 22.2 Å². The molecule has 1 aliphatic rings. The van der Waals surface area contributed by atoms with Gasteiger partial charge in [-0.3, -0.25) is 11.3 Å². The number of hydrogen-bond acceptors (Lipinski definition) is 3. The van der Waals surface area contributed by atoms with Crippen LogP contribution >= 0.6 is 11.6 Å². The molecular formula is C11H14ClFN2O. The fraction of sp³-hybridized carbons (Fsp3) is 0.455. The van der Waals surface area contributed by atoms with E-state index in [0.717, 1.165) is 12.8 Å². The molecule has 3 nitrogen and oxygen atoms in total. The first-order valence-corrected chi connectivity index (χ1v) is 5.63. The normalized spacial score (nSPS) is 22.3. The molecule has 2 rings (SSSR count). The Balaban J connectivity index is 2.25. The zero-order valence-corrected chi connectivity index (χ0v) is 9.51. The Kier molecular flexibility index (Phi) is 3.76. The molecule has 0 aliphatic carbocycles. The van der Waals surface area contributed by atoms with Crippen LogP contribution in [0, 0.1) is 5.82 Å². The zero-order valence-electron chi connectivity index (χ0n) is 8.75. The van der Waals surface area contributed by atoms with Gasteiger partial charge in [0.1, 0.15) is 5.82 Å². The number of halogens is 2. The molecule has 1 saturated heterocycles. The van der Waals surface area contributed by atoms with E-state index in [9.17, 15) is 4.39 Å². The predicted octanol–water partition coefficient (Wildman–Crippen LogP) is 2.16. The minimum atomic E-state index is -0.356. The van der Waals surface area contributed by atoms with Crippen molar-refractivity contribution in [1.29, 1.82) is 0 Å². The second-order valence-electron chi connectivity index (χ2n) is 3.86. The number of hydrogen-bond donors (Lipinski definition) is 2.